The smallest absolute Gasteiger partial charge is 0.220 e. The van der Waals surface area contributed by atoms with Crippen LogP contribution in [0.15, 0.2) is 6.33 Å². The normalized spacial score (nSPS) is 12.4. The van der Waals surface area contributed by atoms with Crippen LogP contribution in [-0.2, 0) is 11.2 Å². The highest BCUT2D eigenvalue weighted by Gasteiger charge is 2.03. The van der Waals surface area contributed by atoms with Gasteiger partial charge in [-0.3, -0.25) is 9.89 Å². The van der Waals surface area contributed by atoms with Gasteiger partial charge in [0.2, 0.25) is 5.91 Å². The Labute approximate surface area is 88.7 Å². The zero-order chi connectivity index (χ0) is 11.1. The molecule has 1 aromatic heterocycles. The minimum absolute atomic E-state index is 0.0341. The molecule has 15 heavy (non-hydrogen) atoms. The number of nitrogens with zero attached hydrogens (tertiary/aromatic N) is 2. The van der Waals surface area contributed by atoms with Crippen molar-refractivity contribution in [3.05, 3.63) is 12.2 Å². The Hall–Kier alpha value is -1.43. The standard InChI is InChI=1S/C9H17N5O/c1-7(10)2-3-9(15)11-5-4-8-12-6-13-14-8/h6-7H,2-5,10H2,1H3,(H,11,15)(H,12,13,14). The van der Waals surface area contributed by atoms with Gasteiger partial charge in [0, 0.05) is 25.4 Å². The van der Waals surface area contributed by atoms with E-state index >= 15 is 0 Å². The molecule has 0 aliphatic rings. The average Bonchev–Trinajstić information content (AvgIpc) is 2.67. The third-order valence-corrected chi connectivity index (χ3v) is 1.98. The zero-order valence-corrected chi connectivity index (χ0v) is 8.86. The minimum atomic E-state index is 0.0341. The number of hydrogen-bond acceptors (Lipinski definition) is 4. The predicted octanol–water partition coefficient (Wildman–Crippen LogP) is -0.409. The van der Waals surface area contributed by atoms with Crippen molar-refractivity contribution in [2.45, 2.75) is 32.2 Å². The summed E-state index contributed by atoms with van der Waals surface area (Å²) in [6.07, 6.45) is 3.32. The molecule has 0 fully saturated rings. The summed E-state index contributed by atoms with van der Waals surface area (Å²) in [5, 5.41) is 9.24. The second kappa shape index (κ2) is 6.13. The van der Waals surface area contributed by atoms with Gasteiger partial charge in [-0.05, 0) is 13.3 Å². The van der Waals surface area contributed by atoms with Crippen molar-refractivity contribution >= 4 is 5.91 Å². The van der Waals surface area contributed by atoms with Gasteiger partial charge in [-0.1, -0.05) is 0 Å². The number of hydrogen-bond donors (Lipinski definition) is 3. The monoisotopic (exact) mass is 211 g/mol. The van der Waals surface area contributed by atoms with E-state index in [0.717, 1.165) is 5.82 Å². The lowest BCUT2D eigenvalue weighted by molar-refractivity contribution is -0.121. The molecule has 4 N–H and O–H groups in total. The minimum Gasteiger partial charge on any atom is -0.356 e. The molecule has 6 nitrogen and oxygen atoms in total. The van der Waals surface area contributed by atoms with Crippen LogP contribution in [0.5, 0.6) is 0 Å². The Morgan fingerprint density at radius 3 is 3.13 bits per heavy atom. The van der Waals surface area contributed by atoms with E-state index in [0.29, 0.717) is 25.8 Å². The van der Waals surface area contributed by atoms with E-state index in [1.54, 1.807) is 0 Å². The molecule has 0 saturated carbocycles. The maximum Gasteiger partial charge on any atom is 0.220 e. The third kappa shape index (κ3) is 5.11. The molecule has 1 atom stereocenters. The van der Waals surface area contributed by atoms with Crippen molar-refractivity contribution in [2.24, 2.45) is 5.73 Å². The average molecular weight is 211 g/mol. The lowest BCUT2D eigenvalue weighted by Gasteiger charge is -2.05. The lowest BCUT2D eigenvalue weighted by atomic mass is 10.2. The van der Waals surface area contributed by atoms with Gasteiger partial charge < -0.3 is 11.1 Å². The highest BCUT2D eigenvalue weighted by atomic mass is 16.1. The van der Waals surface area contributed by atoms with E-state index in [-0.39, 0.29) is 11.9 Å². The quantitative estimate of drug-likeness (QED) is 0.596. The number of aromatic nitrogens is 3. The highest BCUT2D eigenvalue weighted by Crippen LogP contribution is 1.93. The van der Waals surface area contributed by atoms with Gasteiger partial charge in [0.1, 0.15) is 12.2 Å². The maximum atomic E-state index is 11.3. The van der Waals surface area contributed by atoms with Crippen molar-refractivity contribution < 1.29 is 4.79 Å². The zero-order valence-electron chi connectivity index (χ0n) is 8.86. The Bertz CT molecular complexity index is 283. The molecule has 0 aromatic carbocycles. The van der Waals surface area contributed by atoms with E-state index in [2.05, 4.69) is 20.5 Å². The van der Waals surface area contributed by atoms with Crippen molar-refractivity contribution in [1.82, 2.24) is 20.5 Å². The van der Waals surface area contributed by atoms with Gasteiger partial charge in [0.05, 0.1) is 0 Å². The summed E-state index contributed by atoms with van der Waals surface area (Å²) in [4.78, 5) is 15.2. The number of carbonyl (C=O) groups excluding carboxylic acids is 1. The summed E-state index contributed by atoms with van der Waals surface area (Å²) in [5.74, 6) is 0.814. The molecule has 0 bridgehead atoms. The topological polar surface area (TPSA) is 96.7 Å². The molecule has 0 saturated heterocycles. The van der Waals surface area contributed by atoms with Gasteiger partial charge in [0.25, 0.3) is 0 Å². The first kappa shape index (κ1) is 11.6. The van der Waals surface area contributed by atoms with E-state index in [4.69, 9.17) is 5.73 Å². The van der Waals surface area contributed by atoms with Crippen LogP contribution in [0.3, 0.4) is 0 Å². The first-order valence-electron chi connectivity index (χ1n) is 5.05. The fraction of sp³-hybridized carbons (Fsp3) is 0.667. The Balaban J connectivity index is 2.07. The van der Waals surface area contributed by atoms with Gasteiger partial charge in [-0.2, -0.15) is 5.10 Å². The molecule has 1 unspecified atom stereocenters. The van der Waals surface area contributed by atoms with Crippen LogP contribution in [-0.4, -0.2) is 33.7 Å². The highest BCUT2D eigenvalue weighted by molar-refractivity contribution is 5.75. The van der Waals surface area contributed by atoms with Gasteiger partial charge in [0.15, 0.2) is 0 Å². The second-order valence-corrected chi connectivity index (χ2v) is 3.55. The molecule has 0 radical (unpaired) electrons. The summed E-state index contributed by atoms with van der Waals surface area (Å²) in [7, 11) is 0. The molecular weight excluding hydrogens is 194 g/mol. The molecule has 1 heterocycles. The van der Waals surface area contributed by atoms with E-state index in [9.17, 15) is 4.79 Å². The first-order chi connectivity index (χ1) is 7.18. The number of nitrogens with two attached hydrogens (primary N) is 1. The number of rotatable bonds is 6. The van der Waals surface area contributed by atoms with Crippen molar-refractivity contribution in [3.63, 3.8) is 0 Å². The van der Waals surface area contributed by atoms with Crippen LogP contribution in [0, 0.1) is 0 Å². The maximum absolute atomic E-state index is 11.3. The molecule has 1 amide bonds. The van der Waals surface area contributed by atoms with Crippen LogP contribution in [0.25, 0.3) is 0 Å². The SMILES string of the molecule is CC(N)CCC(=O)NCCc1ncn[nH]1. The summed E-state index contributed by atoms with van der Waals surface area (Å²) in [6, 6.07) is 0.0741. The number of aromatic amines is 1. The first-order valence-corrected chi connectivity index (χ1v) is 5.05. The third-order valence-electron chi connectivity index (χ3n) is 1.98. The van der Waals surface area contributed by atoms with Gasteiger partial charge >= 0.3 is 0 Å². The fourth-order valence-corrected chi connectivity index (χ4v) is 1.12. The Morgan fingerprint density at radius 2 is 2.53 bits per heavy atom. The fourth-order valence-electron chi connectivity index (χ4n) is 1.12. The van der Waals surface area contributed by atoms with Crippen LogP contribution >= 0.6 is 0 Å². The summed E-state index contributed by atoms with van der Waals surface area (Å²) in [6.45, 7) is 2.47. The van der Waals surface area contributed by atoms with Crippen molar-refractivity contribution in [1.29, 1.82) is 0 Å². The van der Waals surface area contributed by atoms with E-state index in [1.807, 2.05) is 6.92 Å². The second-order valence-electron chi connectivity index (χ2n) is 3.55. The van der Waals surface area contributed by atoms with E-state index in [1.165, 1.54) is 6.33 Å². The largest absolute Gasteiger partial charge is 0.356 e. The predicted molar refractivity (Wildman–Crippen MR) is 56.0 cm³/mol. The van der Waals surface area contributed by atoms with Gasteiger partial charge in [-0.25, -0.2) is 4.98 Å². The molecule has 6 heteroatoms. The number of carbonyl (C=O) groups is 1. The number of amides is 1. The van der Waals surface area contributed by atoms with E-state index < -0.39 is 0 Å². The number of nitrogens with one attached hydrogen (secondary N) is 2. The lowest BCUT2D eigenvalue weighted by Crippen LogP contribution is -2.27. The molecular formula is C9H17N5O. The van der Waals surface area contributed by atoms with Crippen LogP contribution in [0.1, 0.15) is 25.6 Å². The molecule has 1 aromatic rings. The van der Waals surface area contributed by atoms with Crippen LogP contribution in [0.4, 0.5) is 0 Å². The van der Waals surface area contributed by atoms with Crippen molar-refractivity contribution in [2.75, 3.05) is 6.54 Å². The molecule has 0 aliphatic heterocycles. The Morgan fingerprint density at radius 1 is 1.73 bits per heavy atom. The van der Waals surface area contributed by atoms with Crippen LogP contribution < -0.4 is 11.1 Å². The summed E-state index contributed by atoms with van der Waals surface area (Å²) < 4.78 is 0. The molecule has 0 aliphatic carbocycles. The van der Waals surface area contributed by atoms with Crippen molar-refractivity contribution in [3.8, 4) is 0 Å². The molecule has 84 valence electrons. The number of H-pyrrole nitrogens is 1. The Kier molecular flexibility index (Phi) is 4.76. The summed E-state index contributed by atoms with van der Waals surface area (Å²) in [5.41, 5.74) is 5.54. The molecule has 1 rings (SSSR count). The summed E-state index contributed by atoms with van der Waals surface area (Å²) >= 11 is 0. The molecule has 0 spiro atoms. The van der Waals surface area contributed by atoms with Crippen LogP contribution in [0.2, 0.25) is 0 Å². The van der Waals surface area contributed by atoms with Gasteiger partial charge in [-0.15, -0.1) is 0 Å².